The highest BCUT2D eigenvalue weighted by molar-refractivity contribution is 5.94. The zero-order valence-electron chi connectivity index (χ0n) is 14.8. The van der Waals surface area contributed by atoms with E-state index in [9.17, 15) is 14.7 Å². The van der Waals surface area contributed by atoms with E-state index in [0.29, 0.717) is 31.4 Å². The zero-order valence-corrected chi connectivity index (χ0v) is 14.8. The van der Waals surface area contributed by atoms with Crippen LogP contribution >= 0.6 is 0 Å². The number of nitrogens with two attached hydrogens (primary N) is 1. The van der Waals surface area contributed by atoms with Crippen LogP contribution in [0.3, 0.4) is 0 Å². The number of aryl methyl sites for hydroxylation is 1. The number of aliphatic hydroxyl groups is 1. The summed E-state index contributed by atoms with van der Waals surface area (Å²) in [7, 11) is 2.09. The second-order valence-electron chi connectivity index (χ2n) is 7.41. The van der Waals surface area contributed by atoms with Crippen LogP contribution in [-0.4, -0.2) is 65.0 Å². The Morgan fingerprint density at radius 3 is 2.64 bits per heavy atom. The third-order valence-corrected chi connectivity index (χ3v) is 5.69. The molecule has 2 aliphatic heterocycles. The molecule has 3 rings (SSSR count). The molecule has 2 fully saturated rings. The smallest absolute Gasteiger partial charge is 0.248 e. The molecule has 136 valence electrons. The van der Waals surface area contributed by atoms with E-state index >= 15 is 0 Å². The molecule has 1 unspecified atom stereocenters. The summed E-state index contributed by atoms with van der Waals surface area (Å²) in [6, 6.07) is 7.16. The molecule has 1 aromatic rings. The minimum Gasteiger partial charge on any atom is -0.391 e. The summed E-state index contributed by atoms with van der Waals surface area (Å²) >= 11 is 0. The van der Waals surface area contributed by atoms with Gasteiger partial charge in [0.2, 0.25) is 11.8 Å². The summed E-state index contributed by atoms with van der Waals surface area (Å²) in [6.07, 6.45) is 2.86. The van der Waals surface area contributed by atoms with E-state index in [4.69, 9.17) is 5.73 Å². The Bertz CT molecular complexity index is 653. The Balaban J connectivity index is 1.69. The van der Waals surface area contributed by atoms with Crippen molar-refractivity contribution in [3.05, 3.63) is 35.4 Å². The number of piperidine rings is 1. The Morgan fingerprint density at radius 1 is 1.28 bits per heavy atom. The number of hydrogen-bond acceptors (Lipinski definition) is 4. The lowest BCUT2D eigenvalue weighted by Gasteiger charge is -2.44. The molecule has 2 saturated heterocycles. The second-order valence-corrected chi connectivity index (χ2v) is 7.41. The number of amides is 2. The van der Waals surface area contributed by atoms with Crippen LogP contribution in [0.2, 0.25) is 0 Å². The lowest BCUT2D eigenvalue weighted by atomic mass is 9.84. The molecule has 0 aliphatic carbocycles. The fourth-order valence-electron chi connectivity index (χ4n) is 4.25. The molecule has 0 radical (unpaired) electrons. The molecule has 0 bridgehead atoms. The standard InChI is InChI=1S/C19H27N3O3/c1-21-10-8-19(9-11-21)12-15(23)13-22(19)17(24)7-6-14-4-2-3-5-16(14)18(20)25/h2-5,15,23H,6-13H2,1H3,(H2,20,25). The molecule has 1 atom stereocenters. The summed E-state index contributed by atoms with van der Waals surface area (Å²) in [5, 5.41) is 10.2. The normalized spacial score (nSPS) is 23.1. The maximum Gasteiger partial charge on any atom is 0.248 e. The monoisotopic (exact) mass is 345 g/mol. The molecule has 2 heterocycles. The van der Waals surface area contributed by atoms with Gasteiger partial charge in [-0.05, 0) is 44.4 Å². The van der Waals surface area contributed by atoms with Crippen LogP contribution < -0.4 is 5.73 Å². The summed E-state index contributed by atoms with van der Waals surface area (Å²) in [6.45, 7) is 2.31. The Labute approximate surface area is 148 Å². The van der Waals surface area contributed by atoms with Crippen molar-refractivity contribution in [2.45, 2.75) is 43.7 Å². The molecule has 2 amide bonds. The van der Waals surface area contributed by atoms with Crippen LogP contribution in [-0.2, 0) is 11.2 Å². The molecule has 25 heavy (non-hydrogen) atoms. The Kier molecular flexibility index (Phi) is 5.11. The third-order valence-electron chi connectivity index (χ3n) is 5.69. The van der Waals surface area contributed by atoms with Crippen molar-refractivity contribution >= 4 is 11.8 Å². The van der Waals surface area contributed by atoms with Crippen LogP contribution in [0.5, 0.6) is 0 Å². The molecule has 6 heteroatoms. The van der Waals surface area contributed by atoms with Gasteiger partial charge in [-0.2, -0.15) is 0 Å². The number of carbonyl (C=O) groups is 2. The lowest BCUT2D eigenvalue weighted by molar-refractivity contribution is -0.137. The zero-order chi connectivity index (χ0) is 18.0. The SMILES string of the molecule is CN1CCC2(CC1)CC(O)CN2C(=O)CCc1ccccc1C(N)=O. The predicted octanol–water partition coefficient (Wildman–Crippen LogP) is 0.776. The highest BCUT2D eigenvalue weighted by atomic mass is 16.3. The molecule has 6 nitrogen and oxygen atoms in total. The number of β-amino-alcohol motifs (C(OH)–C–C–N with tert-alkyl or cyclic N) is 1. The molecule has 0 saturated carbocycles. The molecule has 0 aromatic heterocycles. The van der Waals surface area contributed by atoms with Gasteiger partial charge >= 0.3 is 0 Å². The maximum absolute atomic E-state index is 12.9. The number of rotatable bonds is 4. The van der Waals surface area contributed by atoms with E-state index in [1.807, 2.05) is 17.0 Å². The number of likely N-dealkylation sites (tertiary alicyclic amines) is 2. The summed E-state index contributed by atoms with van der Waals surface area (Å²) < 4.78 is 0. The number of carbonyl (C=O) groups excluding carboxylic acids is 2. The summed E-state index contributed by atoms with van der Waals surface area (Å²) in [4.78, 5) is 28.6. The quantitative estimate of drug-likeness (QED) is 0.844. The van der Waals surface area contributed by atoms with Crippen LogP contribution in [0.1, 0.15) is 41.6 Å². The van der Waals surface area contributed by atoms with Crippen molar-refractivity contribution in [1.29, 1.82) is 0 Å². The van der Waals surface area contributed by atoms with Crippen LogP contribution in [0.25, 0.3) is 0 Å². The predicted molar refractivity (Wildman–Crippen MR) is 95.1 cm³/mol. The number of aliphatic hydroxyl groups excluding tert-OH is 1. The van der Waals surface area contributed by atoms with E-state index in [2.05, 4.69) is 11.9 Å². The average Bonchev–Trinajstić information content (AvgIpc) is 2.92. The first-order valence-electron chi connectivity index (χ1n) is 8.96. The van der Waals surface area contributed by atoms with Crippen molar-refractivity contribution in [1.82, 2.24) is 9.80 Å². The van der Waals surface area contributed by atoms with Gasteiger partial charge in [0.25, 0.3) is 0 Å². The fourth-order valence-corrected chi connectivity index (χ4v) is 4.25. The minimum absolute atomic E-state index is 0.0559. The van der Waals surface area contributed by atoms with Gasteiger partial charge in [-0.25, -0.2) is 0 Å². The van der Waals surface area contributed by atoms with Gasteiger partial charge in [-0.15, -0.1) is 0 Å². The van der Waals surface area contributed by atoms with Gasteiger partial charge in [0, 0.05) is 37.2 Å². The molecule has 1 aromatic carbocycles. The first kappa shape index (κ1) is 17.9. The summed E-state index contributed by atoms with van der Waals surface area (Å²) in [5.41, 5.74) is 6.50. The molecular weight excluding hydrogens is 318 g/mol. The highest BCUT2D eigenvalue weighted by Gasteiger charge is 2.48. The van der Waals surface area contributed by atoms with Gasteiger partial charge in [0.05, 0.1) is 6.10 Å². The van der Waals surface area contributed by atoms with Gasteiger partial charge < -0.3 is 20.6 Å². The summed E-state index contributed by atoms with van der Waals surface area (Å²) in [5.74, 6) is -0.410. The first-order chi connectivity index (χ1) is 11.9. The Hall–Kier alpha value is -1.92. The van der Waals surface area contributed by atoms with Gasteiger partial charge in [0.1, 0.15) is 0 Å². The number of primary amides is 1. The van der Waals surface area contributed by atoms with E-state index in [-0.39, 0.29) is 11.4 Å². The third kappa shape index (κ3) is 3.70. The van der Waals surface area contributed by atoms with Crippen molar-refractivity contribution in [2.75, 3.05) is 26.7 Å². The van der Waals surface area contributed by atoms with Crippen LogP contribution in [0.4, 0.5) is 0 Å². The number of nitrogens with zero attached hydrogens (tertiary/aromatic N) is 2. The van der Waals surface area contributed by atoms with E-state index in [0.717, 1.165) is 31.5 Å². The topological polar surface area (TPSA) is 86.9 Å². The van der Waals surface area contributed by atoms with Crippen molar-refractivity contribution < 1.29 is 14.7 Å². The molecular formula is C19H27N3O3. The molecule has 2 aliphatic rings. The van der Waals surface area contributed by atoms with E-state index in [1.165, 1.54) is 0 Å². The van der Waals surface area contributed by atoms with Gasteiger partial charge in [0.15, 0.2) is 0 Å². The Morgan fingerprint density at radius 2 is 1.96 bits per heavy atom. The van der Waals surface area contributed by atoms with Gasteiger partial charge in [-0.3, -0.25) is 9.59 Å². The number of hydrogen-bond donors (Lipinski definition) is 2. The first-order valence-corrected chi connectivity index (χ1v) is 8.96. The highest BCUT2D eigenvalue weighted by Crippen LogP contribution is 2.38. The minimum atomic E-state index is -0.466. The van der Waals surface area contributed by atoms with Crippen molar-refractivity contribution in [3.63, 3.8) is 0 Å². The molecule has 3 N–H and O–H groups in total. The van der Waals surface area contributed by atoms with Crippen LogP contribution in [0.15, 0.2) is 24.3 Å². The largest absolute Gasteiger partial charge is 0.391 e. The van der Waals surface area contributed by atoms with Crippen molar-refractivity contribution in [2.24, 2.45) is 5.73 Å². The average molecular weight is 345 g/mol. The van der Waals surface area contributed by atoms with E-state index < -0.39 is 12.0 Å². The molecule has 1 spiro atoms. The van der Waals surface area contributed by atoms with E-state index in [1.54, 1.807) is 12.1 Å². The van der Waals surface area contributed by atoms with Crippen LogP contribution in [0, 0.1) is 0 Å². The maximum atomic E-state index is 12.9. The fraction of sp³-hybridized carbons (Fsp3) is 0.579. The second kappa shape index (κ2) is 7.14. The van der Waals surface area contributed by atoms with Gasteiger partial charge in [-0.1, -0.05) is 18.2 Å². The van der Waals surface area contributed by atoms with Crippen molar-refractivity contribution in [3.8, 4) is 0 Å². The lowest BCUT2D eigenvalue weighted by Crippen LogP contribution is -2.53. The number of benzene rings is 1.